The number of hydrogen-bond acceptors (Lipinski definition) is 2. The van der Waals surface area contributed by atoms with E-state index in [0.717, 1.165) is 5.56 Å². The maximum absolute atomic E-state index is 11.5. The first-order chi connectivity index (χ1) is 10.2. The molecular weight excluding hydrogens is 272 g/mol. The van der Waals surface area contributed by atoms with Crippen molar-refractivity contribution in [2.75, 3.05) is 0 Å². The minimum atomic E-state index is -0.607. The highest BCUT2D eigenvalue weighted by Gasteiger charge is 2.23. The number of carbonyl (C=O) groups is 1. The molecule has 0 N–H and O–H groups in total. The van der Waals surface area contributed by atoms with Gasteiger partial charge < -0.3 is 4.74 Å². The molecule has 120 valence electrons. The molecule has 0 saturated carbocycles. The lowest BCUT2D eigenvalue weighted by atomic mass is 9.82. The van der Waals surface area contributed by atoms with E-state index >= 15 is 0 Å². The van der Waals surface area contributed by atoms with E-state index in [4.69, 9.17) is 11.2 Å². The first-order valence-electron chi connectivity index (χ1n) is 8.03. The summed E-state index contributed by atoms with van der Waals surface area (Å²) in [4.78, 5) is 11.5. The Morgan fingerprint density at radius 1 is 0.955 bits per heavy atom. The van der Waals surface area contributed by atoms with Crippen LogP contribution in [-0.2, 0) is 9.53 Å². The van der Waals surface area contributed by atoms with E-state index in [1.807, 2.05) is 12.8 Å². The molecule has 1 rings (SSSR count). The molecule has 0 radical (unpaired) electrons. The minimum absolute atomic E-state index is 0.334. The van der Waals surface area contributed by atoms with Crippen molar-refractivity contribution in [1.82, 2.24) is 0 Å². The van der Waals surface area contributed by atoms with Crippen LogP contribution < -0.4 is 0 Å². The molecule has 22 heavy (non-hydrogen) atoms. The number of terminal acetylenes is 1. The number of ether oxygens (including phenoxy) is 1. The molecule has 0 aromatic heterocycles. The van der Waals surface area contributed by atoms with Crippen LogP contribution in [0.1, 0.15) is 94.6 Å². The molecule has 0 unspecified atom stereocenters. The zero-order valence-corrected chi connectivity index (χ0v) is 14.9. The molecule has 0 aliphatic rings. The van der Waals surface area contributed by atoms with Crippen molar-refractivity contribution >= 4 is 5.97 Å². The SMILES string of the molecule is C#CC(=O)O[C@@H](C)c1c(C(C)C)cc(C(C)C)cc1C(C)C. The average molecular weight is 300 g/mol. The zero-order chi connectivity index (χ0) is 17.0. The highest BCUT2D eigenvalue weighted by molar-refractivity contribution is 5.87. The number of benzene rings is 1. The molecule has 2 heteroatoms. The number of carbonyl (C=O) groups excluding carboxylic acids is 1. The number of hydrogen-bond donors (Lipinski definition) is 0. The lowest BCUT2D eigenvalue weighted by Crippen LogP contribution is -2.14. The van der Waals surface area contributed by atoms with Crippen LogP contribution >= 0.6 is 0 Å². The van der Waals surface area contributed by atoms with Gasteiger partial charge in [-0.05, 0) is 46.9 Å². The second kappa shape index (κ2) is 7.49. The van der Waals surface area contributed by atoms with Gasteiger partial charge in [0.15, 0.2) is 0 Å². The fourth-order valence-corrected chi connectivity index (χ4v) is 2.73. The summed E-state index contributed by atoms with van der Waals surface area (Å²) in [6.07, 6.45) is 4.80. The first-order valence-corrected chi connectivity index (χ1v) is 8.03. The lowest BCUT2D eigenvalue weighted by molar-refractivity contribution is -0.141. The summed E-state index contributed by atoms with van der Waals surface area (Å²) in [6, 6.07) is 4.49. The Hall–Kier alpha value is -1.75. The monoisotopic (exact) mass is 300 g/mol. The molecular formula is C20H28O2. The van der Waals surface area contributed by atoms with Gasteiger partial charge >= 0.3 is 5.97 Å². The summed E-state index contributed by atoms with van der Waals surface area (Å²) in [5.74, 6) is 2.61. The predicted octanol–water partition coefficient (Wildman–Crippen LogP) is 5.29. The normalized spacial score (nSPS) is 12.6. The van der Waals surface area contributed by atoms with Gasteiger partial charge in [-0.15, -0.1) is 6.42 Å². The van der Waals surface area contributed by atoms with Crippen molar-refractivity contribution in [3.05, 3.63) is 34.4 Å². The quantitative estimate of drug-likeness (QED) is 0.419. The van der Waals surface area contributed by atoms with Crippen molar-refractivity contribution in [1.29, 1.82) is 0 Å². The van der Waals surface area contributed by atoms with Crippen LogP contribution in [-0.4, -0.2) is 5.97 Å². The number of esters is 1. The van der Waals surface area contributed by atoms with Crippen LogP contribution in [0.3, 0.4) is 0 Å². The lowest BCUT2D eigenvalue weighted by Gasteiger charge is -2.26. The smallest absolute Gasteiger partial charge is 0.384 e. The zero-order valence-electron chi connectivity index (χ0n) is 14.9. The third-order valence-electron chi connectivity index (χ3n) is 3.99. The van der Waals surface area contributed by atoms with Gasteiger partial charge in [-0.2, -0.15) is 0 Å². The van der Waals surface area contributed by atoms with Crippen LogP contribution in [0.15, 0.2) is 12.1 Å². The van der Waals surface area contributed by atoms with Crippen LogP contribution in [0.2, 0.25) is 0 Å². The van der Waals surface area contributed by atoms with Crippen molar-refractivity contribution in [3.8, 4) is 12.3 Å². The Labute approximate surface area is 135 Å². The van der Waals surface area contributed by atoms with Crippen molar-refractivity contribution in [2.45, 2.75) is 72.3 Å². The van der Waals surface area contributed by atoms with Crippen molar-refractivity contribution in [2.24, 2.45) is 0 Å². The second-order valence-corrected chi connectivity index (χ2v) is 6.77. The Balaban J connectivity index is 3.51. The molecule has 1 atom stereocenters. The Kier molecular flexibility index (Phi) is 6.23. The molecule has 2 nitrogen and oxygen atoms in total. The highest BCUT2D eigenvalue weighted by Crippen LogP contribution is 2.36. The van der Waals surface area contributed by atoms with Crippen molar-refractivity contribution in [3.63, 3.8) is 0 Å². The summed E-state index contributed by atoms with van der Waals surface area (Å²) >= 11 is 0. The Morgan fingerprint density at radius 3 is 1.73 bits per heavy atom. The van der Waals surface area contributed by atoms with Crippen LogP contribution in [0.4, 0.5) is 0 Å². The van der Waals surface area contributed by atoms with E-state index in [1.54, 1.807) is 0 Å². The summed E-state index contributed by atoms with van der Waals surface area (Å²) in [5, 5.41) is 0. The van der Waals surface area contributed by atoms with Crippen LogP contribution in [0.25, 0.3) is 0 Å². The van der Waals surface area contributed by atoms with E-state index in [1.165, 1.54) is 16.7 Å². The largest absolute Gasteiger partial charge is 0.448 e. The molecule has 0 spiro atoms. The molecule has 0 aliphatic heterocycles. The van der Waals surface area contributed by atoms with Gasteiger partial charge in [-0.3, -0.25) is 0 Å². The molecule has 1 aromatic rings. The van der Waals surface area contributed by atoms with Crippen LogP contribution in [0, 0.1) is 12.3 Å². The summed E-state index contributed by atoms with van der Waals surface area (Å²) in [6.45, 7) is 15.0. The summed E-state index contributed by atoms with van der Waals surface area (Å²) in [7, 11) is 0. The summed E-state index contributed by atoms with van der Waals surface area (Å²) < 4.78 is 5.39. The molecule has 0 fully saturated rings. The predicted molar refractivity (Wildman–Crippen MR) is 92.0 cm³/mol. The Morgan fingerprint density at radius 2 is 1.41 bits per heavy atom. The van der Waals surface area contributed by atoms with Gasteiger partial charge in [0.05, 0.1) is 0 Å². The van der Waals surface area contributed by atoms with Gasteiger partial charge in [0.2, 0.25) is 0 Å². The van der Waals surface area contributed by atoms with Gasteiger partial charge in [-0.25, -0.2) is 4.79 Å². The van der Waals surface area contributed by atoms with Gasteiger partial charge in [0, 0.05) is 5.92 Å². The maximum atomic E-state index is 11.5. The molecule has 0 saturated heterocycles. The molecule has 0 amide bonds. The fourth-order valence-electron chi connectivity index (χ4n) is 2.73. The number of rotatable bonds is 5. The van der Waals surface area contributed by atoms with Gasteiger partial charge in [0.25, 0.3) is 0 Å². The Bertz CT molecular complexity index is 545. The minimum Gasteiger partial charge on any atom is -0.448 e. The van der Waals surface area contributed by atoms with Gasteiger partial charge in [0.1, 0.15) is 6.10 Å². The third kappa shape index (κ3) is 4.13. The third-order valence-corrected chi connectivity index (χ3v) is 3.99. The standard InChI is InChI=1S/C20H28O2/c1-9-19(21)22-15(8)20-17(13(4)5)10-16(12(2)3)11-18(20)14(6)7/h1,10-15H,2-8H3/t15-/m0/s1. The first kappa shape index (κ1) is 18.3. The molecule has 0 bridgehead atoms. The molecule has 0 heterocycles. The molecule has 0 aliphatic carbocycles. The highest BCUT2D eigenvalue weighted by atomic mass is 16.5. The van der Waals surface area contributed by atoms with E-state index in [0.29, 0.717) is 17.8 Å². The van der Waals surface area contributed by atoms with E-state index in [2.05, 4.69) is 53.7 Å². The molecule has 1 aromatic carbocycles. The summed E-state index contributed by atoms with van der Waals surface area (Å²) in [5.41, 5.74) is 4.92. The maximum Gasteiger partial charge on any atom is 0.384 e. The van der Waals surface area contributed by atoms with Gasteiger partial charge in [-0.1, -0.05) is 53.7 Å². The van der Waals surface area contributed by atoms with Crippen LogP contribution in [0.5, 0.6) is 0 Å². The second-order valence-electron chi connectivity index (χ2n) is 6.77. The average Bonchev–Trinajstić information content (AvgIpc) is 2.44. The van der Waals surface area contributed by atoms with Crippen molar-refractivity contribution < 1.29 is 9.53 Å². The van der Waals surface area contributed by atoms with E-state index in [-0.39, 0.29) is 6.10 Å². The van der Waals surface area contributed by atoms with E-state index < -0.39 is 5.97 Å². The van der Waals surface area contributed by atoms with E-state index in [9.17, 15) is 4.79 Å². The topological polar surface area (TPSA) is 26.3 Å². The fraction of sp³-hybridized carbons (Fsp3) is 0.550.